The van der Waals surface area contributed by atoms with Crippen molar-refractivity contribution >= 4 is 10.9 Å². The van der Waals surface area contributed by atoms with Gasteiger partial charge in [0.1, 0.15) is 0 Å². The van der Waals surface area contributed by atoms with E-state index in [0.29, 0.717) is 6.61 Å². The topological polar surface area (TPSA) is 34.4 Å². The maximum atomic E-state index is 9.26. The Bertz CT molecular complexity index is 448. The second-order valence-corrected chi connectivity index (χ2v) is 3.50. The lowest BCUT2D eigenvalue weighted by Gasteiger charge is -2.08. The third-order valence-electron chi connectivity index (χ3n) is 2.58. The van der Waals surface area contributed by atoms with Gasteiger partial charge in [0.05, 0.1) is 13.2 Å². The lowest BCUT2D eigenvalue weighted by Crippen LogP contribution is -2.07. The molecule has 0 amide bonds. The van der Waals surface area contributed by atoms with Gasteiger partial charge in [0.2, 0.25) is 0 Å². The minimum Gasteiger partial charge on any atom is -0.390 e. The van der Waals surface area contributed by atoms with Crippen molar-refractivity contribution in [2.45, 2.75) is 13.2 Å². The summed E-state index contributed by atoms with van der Waals surface area (Å²) in [5, 5.41) is 10.4. The van der Waals surface area contributed by atoms with Gasteiger partial charge in [0.15, 0.2) is 0 Å². The Morgan fingerprint density at radius 1 is 1.33 bits per heavy atom. The first-order chi connectivity index (χ1) is 7.36. The van der Waals surface area contributed by atoms with Crippen molar-refractivity contribution < 1.29 is 9.84 Å². The molecular weight excluding hydrogens is 190 g/mol. The average molecular weight is 205 g/mol. The third-order valence-corrected chi connectivity index (χ3v) is 2.58. The van der Waals surface area contributed by atoms with Crippen LogP contribution in [0.4, 0.5) is 0 Å². The molecule has 0 radical (unpaired) electrons. The van der Waals surface area contributed by atoms with E-state index in [-0.39, 0.29) is 6.61 Å². The summed E-state index contributed by atoms with van der Waals surface area (Å²) >= 11 is 0. The number of aromatic nitrogens is 1. The number of methoxy groups -OCH3 is 1. The standard InChI is InChI=1S/C12H15NO2/c1-15-7-6-13-11(9-14)8-10-4-2-3-5-12(10)13/h2-5,8,14H,6-7,9H2,1H3. The van der Waals surface area contributed by atoms with Crippen molar-refractivity contribution in [2.75, 3.05) is 13.7 Å². The van der Waals surface area contributed by atoms with Crippen molar-refractivity contribution in [2.24, 2.45) is 0 Å². The molecule has 15 heavy (non-hydrogen) atoms. The van der Waals surface area contributed by atoms with Gasteiger partial charge in [-0.1, -0.05) is 18.2 Å². The van der Waals surface area contributed by atoms with E-state index < -0.39 is 0 Å². The predicted octanol–water partition coefficient (Wildman–Crippen LogP) is 1.78. The van der Waals surface area contributed by atoms with Crippen molar-refractivity contribution in [1.29, 1.82) is 0 Å². The molecule has 2 rings (SSSR count). The van der Waals surface area contributed by atoms with E-state index in [1.807, 2.05) is 18.2 Å². The van der Waals surface area contributed by atoms with Crippen LogP contribution in [0.1, 0.15) is 5.69 Å². The van der Waals surface area contributed by atoms with Crippen LogP contribution < -0.4 is 0 Å². The Labute approximate surface area is 88.9 Å². The van der Waals surface area contributed by atoms with Gasteiger partial charge in [-0.3, -0.25) is 0 Å². The number of nitrogens with zero attached hydrogens (tertiary/aromatic N) is 1. The summed E-state index contributed by atoms with van der Waals surface area (Å²) in [6.45, 7) is 1.50. The first-order valence-electron chi connectivity index (χ1n) is 5.03. The van der Waals surface area contributed by atoms with E-state index in [0.717, 1.165) is 23.1 Å². The molecule has 3 nitrogen and oxygen atoms in total. The number of fused-ring (bicyclic) bond motifs is 1. The second-order valence-electron chi connectivity index (χ2n) is 3.50. The highest BCUT2D eigenvalue weighted by Crippen LogP contribution is 2.19. The molecule has 2 aromatic rings. The number of hydrogen-bond acceptors (Lipinski definition) is 2. The van der Waals surface area contributed by atoms with Crippen LogP contribution in [0.5, 0.6) is 0 Å². The molecule has 1 aromatic carbocycles. The fourth-order valence-electron chi connectivity index (χ4n) is 1.85. The highest BCUT2D eigenvalue weighted by atomic mass is 16.5. The Balaban J connectivity index is 2.47. The lowest BCUT2D eigenvalue weighted by molar-refractivity contribution is 0.184. The summed E-state index contributed by atoms with van der Waals surface area (Å²) < 4.78 is 7.16. The molecule has 0 bridgehead atoms. The van der Waals surface area contributed by atoms with E-state index >= 15 is 0 Å². The first kappa shape index (κ1) is 10.2. The molecule has 1 N–H and O–H groups in total. The smallest absolute Gasteiger partial charge is 0.0833 e. The van der Waals surface area contributed by atoms with E-state index in [4.69, 9.17) is 4.74 Å². The molecule has 0 unspecified atom stereocenters. The molecule has 0 spiro atoms. The van der Waals surface area contributed by atoms with Crippen LogP contribution in [0.3, 0.4) is 0 Å². The fourth-order valence-corrected chi connectivity index (χ4v) is 1.85. The minimum absolute atomic E-state index is 0.0679. The largest absolute Gasteiger partial charge is 0.390 e. The van der Waals surface area contributed by atoms with Crippen molar-refractivity contribution in [3.63, 3.8) is 0 Å². The normalized spacial score (nSPS) is 11.1. The molecule has 0 aliphatic carbocycles. The molecule has 1 aromatic heterocycles. The minimum atomic E-state index is 0.0679. The van der Waals surface area contributed by atoms with Crippen molar-refractivity contribution in [1.82, 2.24) is 4.57 Å². The quantitative estimate of drug-likeness (QED) is 0.825. The molecule has 0 saturated carbocycles. The van der Waals surface area contributed by atoms with Gasteiger partial charge < -0.3 is 14.4 Å². The van der Waals surface area contributed by atoms with E-state index in [9.17, 15) is 5.11 Å². The van der Waals surface area contributed by atoms with Crippen molar-refractivity contribution in [3.05, 3.63) is 36.0 Å². The van der Waals surface area contributed by atoms with E-state index in [1.165, 1.54) is 0 Å². The number of hydrogen-bond donors (Lipinski definition) is 1. The predicted molar refractivity (Wildman–Crippen MR) is 59.7 cm³/mol. The van der Waals surface area contributed by atoms with E-state index in [2.05, 4.69) is 16.7 Å². The van der Waals surface area contributed by atoms with Gasteiger partial charge in [0.25, 0.3) is 0 Å². The molecule has 0 aliphatic rings. The molecule has 0 saturated heterocycles. The van der Waals surface area contributed by atoms with Crippen LogP contribution in [0.2, 0.25) is 0 Å². The van der Waals surface area contributed by atoms with Crippen LogP contribution in [0.25, 0.3) is 10.9 Å². The Morgan fingerprint density at radius 2 is 2.13 bits per heavy atom. The number of ether oxygens (including phenoxy) is 1. The maximum absolute atomic E-state index is 9.26. The summed E-state index contributed by atoms with van der Waals surface area (Å²) in [6.07, 6.45) is 0. The van der Waals surface area contributed by atoms with Gasteiger partial charge >= 0.3 is 0 Å². The van der Waals surface area contributed by atoms with Gasteiger partial charge in [-0.05, 0) is 17.5 Å². The molecule has 0 aliphatic heterocycles. The number of benzene rings is 1. The zero-order valence-corrected chi connectivity index (χ0v) is 8.81. The molecular formula is C12H15NO2. The Morgan fingerprint density at radius 3 is 2.87 bits per heavy atom. The number of aliphatic hydroxyl groups is 1. The zero-order valence-electron chi connectivity index (χ0n) is 8.81. The van der Waals surface area contributed by atoms with Crippen LogP contribution >= 0.6 is 0 Å². The number of aliphatic hydroxyl groups excluding tert-OH is 1. The molecule has 1 heterocycles. The summed E-state index contributed by atoms with van der Waals surface area (Å²) in [7, 11) is 1.68. The monoisotopic (exact) mass is 205 g/mol. The summed E-state index contributed by atoms with van der Waals surface area (Å²) in [6, 6.07) is 10.1. The fraction of sp³-hybridized carbons (Fsp3) is 0.333. The van der Waals surface area contributed by atoms with Crippen LogP contribution in [0, 0.1) is 0 Å². The second kappa shape index (κ2) is 4.47. The van der Waals surface area contributed by atoms with Gasteiger partial charge in [-0.2, -0.15) is 0 Å². The summed E-state index contributed by atoms with van der Waals surface area (Å²) in [5.41, 5.74) is 2.09. The van der Waals surface area contributed by atoms with Crippen LogP contribution in [-0.2, 0) is 17.9 Å². The van der Waals surface area contributed by atoms with Gasteiger partial charge in [-0.25, -0.2) is 0 Å². The van der Waals surface area contributed by atoms with Crippen LogP contribution in [0.15, 0.2) is 30.3 Å². The van der Waals surface area contributed by atoms with E-state index in [1.54, 1.807) is 7.11 Å². The zero-order chi connectivity index (χ0) is 10.7. The van der Waals surface area contributed by atoms with Crippen molar-refractivity contribution in [3.8, 4) is 0 Å². The first-order valence-corrected chi connectivity index (χ1v) is 5.03. The average Bonchev–Trinajstić information content (AvgIpc) is 2.64. The molecule has 0 fully saturated rings. The lowest BCUT2D eigenvalue weighted by atomic mass is 10.2. The molecule has 0 atom stereocenters. The maximum Gasteiger partial charge on any atom is 0.0833 e. The Kier molecular flexibility index (Phi) is 3.04. The van der Waals surface area contributed by atoms with Gasteiger partial charge in [0, 0.05) is 24.9 Å². The number of para-hydroxylation sites is 1. The molecule has 3 heteroatoms. The number of rotatable bonds is 4. The van der Waals surface area contributed by atoms with Gasteiger partial charge in [-0.15, -0.1) is 0 Å². The highest BCUT2D eigenvalue weighted by molar-refractivity contribution is 5.81. The summed E-state index contributed by atoms with van der Waals surface area (Å²) in [5.74, 6) is 0. The Hall–Kier alpha value is -1.32. The molecule has 80 valence electrons. The summed E-state index contributed by atoms with van der Waals surface area (Å²) in [4.78, 5) is 0. The highest BCUT2D eigenvalue weighted by Gasteiger charge is 2.06. The van der Waals surface area contributed by atoms with Crippen LogP contribution in [-0.4, -0.2) is 23.4 Å². The third kappa shape index (κ3) is 1.89. The SMILES string of the molecule is COCCn1c(CO)cc2ccccc21.